The van der Waals surface area contributed by atoms with Crippen LogP contribution < -0.4 is 0 Å². The normalized spacial score (nSPS) is 13.1. The van der Waals surface area contributed by atoms with E-state index in [0.717, 1.165) is 19.4 Å². The molecule has 0 bridgehead atoms. The maximum absolute atomic E-state index is 6.27. The summed E-state index contributed by atoms with van der Waals surface area (Å²) in [7, 11) is 4.18. The Labute approximate surface area is 91.7 Å². The monoisotopic (exact) mass is 211 g/mol. The van der Waals surface area contributed by atoms with Gasteiger partial charge in [-0.05, 0) is 39.0 Å². The van der Waals surface area contributed by atoms with Gasteiger partial charge in [-0.3, -0.25) is 0 Å². The predicted molar refractivity (Wildman–Crippen MR) is 62.8 cm³/mol. The minimum Gasteiger partial charge on any atom is -0.309 e. The molecule has 1 aromatic rings. The van der Waals surface area contributed by atoms with E-state index in [4.69, 9.17) is 11.6 Å². The Bertz CT molecular complexity index is 246. The van der Waals surface area contributed by atoms with E-state index >= 15 is 0 Å². The van der Waals surface area contributed by atoms with E-state index in [1.54, 1.807) is 0 Å². The van der Waals surface area contributed by atoms with E-state index in [1.807, 2.05) is 18.2 Å². The topological polar surface area (TPSA) is 3.24 Å². The molecule has 0 radical (unpaired) electrons. The highest BCUT2D eigenvalue weighted by atomic mass is 35.5. The summed E-state index contributed by atoms with van der Waals surface area (Å²) >= 11 is 6.27. The minimum absolute atomic E-state index is 0.163. The molecule has 0 aliphatic carbocycles. The van der Waals surface area contributed by atoms with Gasteiger partial charge in [0.15, 0.2) is 0 Å². The molecule has 1 atom stereocenters. The molecule has 2 heteroatoms. The second-order valence-corrected chi connectivity index (χ2v) is 4.35. The Morgan fingerprint density at radius 3 is 2.43 bits per heavy atom. The van der Waals surface area contributed by atoms with Crippen molar-refractivity contribution in [1.29, 1.82) is 0 Å². The second kappa shape index (κ2) is 6.05. The Morgan fingerprint density at radius 1 is 1.21 bits per heavy atom. The van der Waals surface area contributed by atoms with Crippen LogP contribution in [0.15, 0.2) is 30.3 Å². The van der Waals surface area contributed by atoms with E-state index in [2.05, 4.69) is 31.1 Å². The number of alkyl halides is 1. The van der Waals surface area contributed by atoms with Crippen molar-refractivity contribution < 1.29 is 0 Å². The van der Waals surface area contributed by atoms with Crippen LogP contribution in [0.1, 0.15) is 23.8 Å². The molecule has 1 aromatic carbocycles. The molecule has 0 spiro atoms. The van der Waals surface area contributed by atoms with Crippen molar-refractivity contribution in [3.63, 3.8) is 0 Å². The summed E-state index contributed by atoms with van der Waals surface area (Å²) in [5.74, 6) is 0. The molecule has 1 rings (SSSR count). The van der Waals surface area contributed by atoms with E-state index in [1.165, 1.54) is 5.56 Å². The first-order chi connectivity index (χ1) is 6.70. The largest absolute Gasteiger partial charge is 0.309 e. The van der Waals surface area contributed by atoms with Gasteiger partial charge in [-0.1, -0.05) is 30.3 Å². The molecule has 1 unspecified atom stereocenters. The zero-order chi connectivity index (χ0) is 10.4. The van der Waals surface area contributed by atoms with E-state index in [-0.39, 0.29) is 5.38 Å². The fourth-order valence-corrected chi connectivity index (χ4v) is 1.72. The molecule has 78 valence electrons. The molecule has 0 aliphatic rings. The molecule has 0 aromatic heterocycles. The summed E-state index contributed by atoms with van der Waals surface area (Å²) in [6.45, 7) is 1.11. The lowest BCUT2D eigenvalue weighted by atomic mass is 10.1. The maximum Gasteiger partial charge on any atom is 0.0585 e. The van der Waals surface area contributed by atoms with Crippen molar-refractivity contribution in [2.45, 2.75) is 18.2 Å². The minimum atomic E-state index is 0.163. The summed E-state index contributed by atoms with van der Waals surface area (Å²) in [5.41, 5.74) is 1.23. The van der Waals surface area contributed by atoms with Crippen molar-refractivity contribution in [3.8, 4) is 0 Å². The van der Waals surface area contributed by atoms with Crippen LogP contribution in [0, 0.1) is 0 Å². The summed E-state index contributed by atoms with van der Waals surface area (Å²) in [6, 6.07) is 10.3. The lowest BCUT2D eigenvalue weighted by molar-refractivity contribution is 0.393. The van der Waals surface area contributed by atoms with Gasteiger partial charge in [-0.25, -0.2) is 0 Å². The van der Waals surface area contributed by atoms with Crippen molar-refractivity contribution in [1.82, 2.24) is 4.90 Å². The smallest absolute Gasteiger partial charge is 0.0585 e. The molecular weight excluding hydrogens is 194 g/mol. The highest BCUT2D eigenvalue weighted by Crippen LogP contribution is 2.24. The van der Waals surface area contributed by atoms with Gasteiger partial charge in [-0.15, -0.1) is 11.6 Å². The van der Waals surface area contributed by atoms with Crippen molar-refractivity contribution in [2.75, 3.05) is 20.6 Å². The molecule has 0 aliphatic heterocycles. The molecule has 14 heavy (non-hydrogen) atoms. The van der Waals surface area contributed by atoms with Crippen LogP contribution in [-0.2, 0) is 0 Å². The highest BCUT2D eigenvalue weighted by molar-refractivity contribution is 6.20. The molecule has 1 nitrogen and oxygen atoms in total. The van der Waals surface area contributed by atoms with E-state index in [9.17, 15) is 0 Å². The number of benzene rings is 1. The molecule has 0 N–H and O–H groups in total. The summed E-state index contributed by atoms with van der Waals surface area (Å²) in [4.78, 5) is 2.19. The number of halogens is 1. The van der Waals surface area contributed by atoms with Gasteiger partial charge in [0.1, 0.15) is 0 Å². The maximum atomic E-state index is 6.27. The molecular formula is C12H18ClN. The lowest BCUT2D eigenvalue weighted by Crippen LogP contribution is -2.13. The first-order valence-electron chi connectivity index (χ1n) is 5.04. The van der Waals surface area contributed by atoms with Crippen LogP contribution in [0.3, 0.4) is 0 Å². The van der Waals surface area contributed by atoms with E-state index < -0.39 is 0 Å². The third-order valence-electron chi connectivity index (χ3n) is 2.22. The van der Waals surface area contributed by atoms with Crippen LogP contribution in [0.2, 0.25) is 0 Å². The standard InChI is InChI=1S/C12H18ClN/c1-14(2)10-6-9-12(13)11-7-4-3-5-8-11/h3-5,7-8,12H,6,9-10H2,1-2H3. The highest BCUT2D eigenvalue weighted by Gasteiger charge is 2.06. The van der Waals surface area contributed by atoms with Crippen LogP contribution in [0.25, 0.3) is 0 Å². The predicted octanol–water partition coefficient (Wildman–Crippen LogP) is 3.31. The van der Waals surface area contributed by atoms with Gasteiger partial charge in [0.05, 0.1) is 5.38 Å². The summed E-state index contributed by atoms with van der Waals surface area (Å²) in [5, 5.41) is 0.163. The average Bonchev–Trinajstić information content (AvgIpc) is 2.18. The van der Waals surface area contributed by atoms with Gasteiger partial charge in [0.2, 0.25) is 0 Å². The van der Waals surface area contributed by atoms with Gasteiger partial charge in [-0.2, -0.15) is 0 Å². The Balaban J connectivity index is 2.32. The lowest BCUT2D eigenvalue weighted by Gasteiger charge is -2.12. The van der Waals surface area contributed by atoms with E-state index in [0.29, 0.717) is 0 Å². The third-order valence-corrected chi connectivity index (χ3v) is 2.69. The third kappa shape index (κ3) is 4.12. The SMILES string of the molecule is CN(C)CCCC(Cl)c1ccccc1. The second-order valence-electron chi connectivity index (χ2n) is 3.82. The fourth-order valence-electron chi connectivity index (χ4n) is 1.42. The van der Waals surface area contributed by atoms with Crippen molar-refractivity contribution >= 4 is 11.6 Å². The zero-order valence-corrected chi connectivity index (χ0v) is 9.67. The number of hydrogen-bond acceptors (Lipinski definition) is 1. The quantitative estimate of drug-likeness (QED) is 0.676. The molecule has 0 saturated heterocycles. The molecule has 0 saturated carbocycles. The van der Waals surface area contributed by atoms with Gasteiger partial charge >= 0.3 is 0 Å². The van der Waals surface area contributed by atoms with Crippen LogP contribution >= 0.6 is 11.6 Å². The number of hydrogen-bond donors (Lipinski definition) is 0. The van der Waals surface area contributed by atoms with Gasteiger partial charge < -0.3 is 4.90 Å². The van der Waals surface area contributed by atoms with Crippen LogP contribution in [0.5, 0.6) is 0 Å². The van der Waals surface area contributed by atoms with Crippen LogP contribution in [0.4, 0.5) is 0 Å². The summed E-state index contributed by atoms with van der Waals surface area (Å²) < 4.78 is 0. The first kappa shape index (κ1) is 11.5. The first-order valence-corrected chi connectivity index (χ1v) is 5.47. The number of rotatable bonds is 5. The fraction of sp³-hybridized carbons (Fsp3) is 0.500. The number of nitrogens with zero attached hydrogens (tertiary/aromatic N) is 1. The zero-order valence-electron chi connectivity index (χ0n) is 8.91. The Morgan fingerprint density at radius 2 is 1.86 bits per heavy atom. The Kier molecular flexibility index (Phi) is 4.99. The Hall–Kier alpha value is -0.530. The van der Waals surface area contributed by atoms with Gasteiger partial charge in [0, 0.05) is 0 Å². The average molecular weight is 212 g/mol. The summed E-state index contributed by atoms with van der Waals surface area (Å²) in [6.07, 6.45) is 2.19. The van der Waals surface area contributed by atoms with Crippen molar-refractivity contribution in [2.24, 2.45) is 0 Å². The molecule has 0 heterocycles. The van der Waals surface area contributed by atoms with Crippen molar-refractivity contribution in [3.05, 3.63) is 35.9 Å². The molecule has 0 amide bonds. The molecule has 0 fully saturated rings. The van der Waals surface area contributed by atoms with Gasteiger partial charge in [0.25, 0.3) is 0 Å². The van der Waals surface area contributed by atoms with Crippen LogP contribution in [-0.4, -0.2) is 25.5 Å².